The van der Waals surface area contributed by atoms with Crippen LogP contribution in [0.1, 0.15) is 52.4 Å². The molecule has 0 aromatic carbocycles. The van der Waals surface area contributed by atoms with Crippen LogP contribution in [0.25, 0.3) is 0 Å². The molecule has 14 heavy (non-hydrogen) atoms. The summed E-state index contributed by atoms with van der Waals surface area (Å²) in [5, 5.41) is 3.28. The Balaban J connectivity index is 2.98. The first-order chi connectivity index (χ1) is 6.91. The summed E-state index contributed by atoms with van der Waals surface area (Å²) in [5.41, 5.74) is 0. The zero-order valence-corrected chi connectivity index (χ0v) is 9.76. The third-order valence-corrected chi connectivity index (χ3v) is 2.19. The van der Waals surface area contributed by atoms with E-state index in [9.17, 15) is 0 Å². The van der Waals surface area contributed by atoms with E-state index in [4.69, 9.17) is 0 Å². The summed E-state index contributed by atoms with van der Waals surface area (Å²) in [4.78, 5) is 0. The first kappa shape index (κ1) is 13.3. The van der Waals surface area contributed by atoms with Crippen LogP contribution in [0.15, 0.2) is 24.4 Å². The SMILES string of the molecule is C/C=C\C=C/NCCCCCCCC. The highest BCUT2D eigenvalue weighted by Crippen LogP contribution is 2.03. The van der Waals surface area contributed by atoms with E-state index in [0.717, 1.165) is 6.54 Å². The van der Waals surface area contributed by atoms with Crippen LogP contribution in [-0.2, 0) is 0 Å². The van der Waals surface area contributed by atoms with Gasteiger partial charge in [0.1, 0.15) is 0 Å². The largest absolute Gasteiger partial charge is 0.391 e. The average molecular weight is 195 g/mol. The number of nitrogens with one attached hydrogen (secondary N) is 1. The third-order valence-electron chi connectivity index (χ3n) is 2.19. The van der Waals surface area contributed by atoms with Crippen LogP contribution in [-0.4, -0.2) is 6.54 Å². The minimum Gasteiger partial charge on any atom is -0.391 e. The predicted octanol–water partition coefficient (Wildman–Crippen LogP) is 4.03. The second kappa shape index (κ2) is 12.3. The van der Waals surface area contributed by atoms with Gasteiger partial charge in [0.15, 0.2) is 0 Å². The molecule has 1 nitrogen and oxygen atoms in total. The van der Waals surface area contributed by atoms with Crippen molar-refractivity contribution in [3.05, 3.63) is 24.4 Å². The molecule has 0 atom stereocenters. The highest BCUT2D eigenvalue weighted by atomic mass is 14.8. The molecule has 0 unspecified atom stereocenters. The van der Waals surface area contributed by atoms with Crippen LogP contribution in [0.2, 0.25) is 0 Å². The van der Waals surface area contributed by atoms with E-state index >= 15 is 0 Å². The molecule has 0 aromatic heterocycles. The minimum absolute atomic E-state index is 1.11. The Morgan fingerprint density at radius 1 is 0.929 bits per heavy atom. The van der Waals surface area contributed by atoms with Crippen molar-refractivity contribution in [2.45, 2.75) is 52.4 Å². The summed E-state index contributed by atoms with van der Waals surface area (Å²) < 4.78 is 0. The Morgan fingerprint density at radius 2 is 1.64 bits per heavy atom. The van der Waals surface area contributed by atoms with Crippen LogP contribution in [0, 0.1) is 0 Å². The molecule has 0 saturated carbocycles. The van der Waals surface area contributed by atoms with Gasteiger partial charge in [-0.15, -0.1) is 0 Å². The van der Waals surface area contributed by atoms with Crippen molar-refractivity contribution in [3.8, 4) is 0 Å². The zero-order valence-electron chi connectivity index (χ0n) is 9.76. The second-order valence-corrected chi connectivity index (χ2v) is 3.61. The van der Waals surface area contributed by atoms with Crippen LogP contribution < -0.4 is 5.32 Å². The Bertz CT molecular complexity index is 147. The number of hydrogen-bond donors (Lipinski definition) is 1. The van der Waals surface area contributed by atoms with E-state index in [-0.39, 0.29) is 0 Å². The zero-order chi connectivity index (χ0) is 10.5. The monoisotopic (exact) mass is 195 g/mol. The molecule has 0 rings (SSSR count). The molecule has 0 fully saturated rings. The molecular weight excluding hydrogens is 170 g/mol. The topological polar surface area (TPSA) is 12.0 Å². The number of allylic oxidation sites excluding steroid dienone is 3. The normalized spacial score (nSPS) is 11.6. The first-order valence-electron chi connectivity index (χ1n) is 5.93. The highest BCUT2D eigenvalue weighted by Gasteiger charge is 1.87. The van der Waals surface area contributed by atoms with Crippen LogP contribution in [0.4, 0.5) is 0 Å². The standard InChI is InChI=1S/C13H25N/c1-3-5-7-8-9-11-13-14-12-10-6-4-2/h4,6,10,12,14H,3,5,7-9,11,13H2,1-2H3/b6-4-,12-10-. The smallest absolute Gasteiger partial charge is 0.0141 e. The molecule has 1 heteroatoms. The van der Waals surface area contributed by atoms with Crippen molar-refractivity contribution in [2.75, 3.05) is 6.54 Å². The van der Waals surface area contributed by atoms with E-state index in [1.165, 1.54) is 38.5 Å². The van der Waals surface area contributed by atoms with Crippen molar-refractivity contribution in [3.63, 3.8) is 0 Å². The summed E-state index contributed by atoms with van der Waals surface area (Å²) in [7, 11) is 0. The maximum absolute atomic E-state index is 3.28. The molecule has 0 aliphatic heterocycles. The maximum atomic E-state index is 3.28. The van der Waals surface area contributed by atoms with Gasteiger partial charge in [-0.1, -0.05) is 51.2 Å². The Hall–Kier alpha value is -0.720. The fraction of sp³-hybridized carbons (Fsp3) is 0.692. The lowest BCUT2D eigenvalue weighted by molar-refractivity contribution is 0.598. The summed E-state index contributed by atoms with van der Waals surface area (Å²) in [6, 6.07) is 0. The van der Waals surface area contributed by atoms with Gasteiger partial charge in [0.25, 0.3) is 0 Å². The van der Waals surface area contributed by atoms with E-state index in [0.29, 0.717) is 0 Å². The van der Waals surface area contributed by atoms with Crippen molar-refractivity contribution < 1.29 is 0 Å². The summed E-state index contributed by atoms with van der Waals surface area (Å²) in [6.45, 7) is 5.39. The van der Waals surface area contributed by atoms with Gasteiger partial charge in [0, 0.05) is 6.54 Å². The lowest BCUT2D eigenvalue weighted by Crippen LogP contribution is -2.06. The Kier molecular flexibility index (Phi) is 11.6. The highest BCUT2D eigenvalue weighted by molar-refractivity contribution is 4.99. The maximum Gasteiger partial charge on any atom is 0.0141 e. The molecule has 0 spiro atoms. The third kappa shape index (κ3) is 11.3. The second-order valence-electron chi connectivity index (χ2n) is 3.61. The first-order valence-corrected chi connectivity index (χ1v) is 5.93. The summed E-state index contributed by atoms with van der Waals surface area (Å²) in [5.74, 6) is 0. The predicted molar refractivity (Wildman–Crippen MR) is 65.3 cm³/mol. The van der Waals surface area contributed by atoms with Gasteiger partial charge in [-0.3, -0.25) is 0 Å². The average Bonchev–Trinajstić information content (AvgIpc) is 2.21. The van der Waals surface area contributed by atoms with Gasteiger partial charge < -0.3 is 5.32 Å². The summed E-state index contributed by atoms with van der Waals surface area (Å²) >= 11 is 0. The molecule has 0 bridgehead atoms. The number of rotatable bonds is 9. The minimum atomic E-state index is 1.11. The van der Waals surface area contributed by atoms with E-state index in [1.54, 1.807) is 0 Å². The number of hydrogen-bond acceptors (Lipinski definition) is 1. The van der Waals surface area contributed by atoms with E-state index < -0.39 is 0 Å². The molecule has 0 amide bonds. The molecule has 82 valence electrons. The fourth-order valence-corrected chi connectivity index (χ4v) is 1.33. The van der Waals surface area contributed by atoms with Gasteiger partial charge in [-0.2, -0.15) is 0 Å². The van der Waals surface area contributed by atoms with Crippen LogP contribution in [0.5, 0.6) is 0 Å². The molecule has 0 radical (unpaired) electrons. The molecular formula is C13H25N. The van der Waals surface area contributed by atoms with Crippen LogP contribution >= 0.6 is 0 Å². The lowest BCUT2D eigenvalue weighted by atomic mass is 10.1. The summed E-state index contributed by atoms with van der Waals surface area (Å²) in [6.07, 6.45) is 16.3. The van der Waals surface area contributed by atoms with Gasteiger partial charge >= 0.3 is 0 Å². The fourth-order valence-electron chi connectivity index (χ4n) is 1.33. The Morgan fingerprint density at radius 3 is 2.36 bits per heavy atom. The molecule has 0 aliphatic rings. The van der Waals surface area contributed by atoms with Gasteiger partial charge in [-0.05, 0) is 25.6 Å². The van der Waals surface area contributed by atoms with Gasteiger partial charge in [0.2, 0.25) is 0 Å². The molecule has 0 heterocycles. The quantitative estimate of drug-likeness (QED) is 0.433. The molecule has 0 saturated heterocycles. The molecule has 0 aromatic rings. The number of unbranched alkanes of at least 4 members (excludes halogenated alkanes) is 5. The Labute approximate surface area is 89.3 Å². The van der Waals surface area contributed by atoms with Crippen molar-refractivity contribution >= 4 is 0 Å². The molecule has 1 N–H and O–H groups in total. The van der Waals surface area contributed by atoms with Crippen LogP contribution in [0.3, 0.4) is 0 Å². The van der Waals surface area contributed by atoms with Gasteiger partial charge in [0.05, 0.1) is 0 Å². The van der Waals surface area contributed by atoms with Crippen molar-refractivity contribution in [2.24, 2.45) is 0 Å². The lowest BCUT2D eigenvalue weighted by Gasteiger charge is -2.00. The molecule has 0 aliphatic carbocycles. The van der Waals surface area contributed by atoms with E-state index in [2.05, 4.69) is 12.2 Å². The van der Waals surface area contributed by atoms with Crippen molar-refractivity contribution in [1.29, 1.82) is 0 Å². The van der Waals surface area contributed by atoms with Gasteiger partial charge in [-0.25, -0.2) is 0 Å². The van der Waals surface area contributed by atoms with Crippen molar-refractivity contribution in [1.82, 2.24) is 5.32 Å². The van der Waals surface area contributed by atoms with E-state index in [1.807, 2.05) is 31.4 Å².